The van der Waals surface area contributed by atoms with E-state index in [2.05, 4.69) is 0 Å². The summed E-state index contributed by atoms with van der Waals surface area (Å²) < 4.78 is 0. The first kappa shape index (κ1) is 28.4. The molecule has 8 atom stereocenters. The molecule has 0 aromatic carbocycles. The van der Waals surface area contributed by atoms with Crippen LogP contribution in [-0.2, 0) is 9.59 Å². The molecule has 0 radical (unpaired) electrons. The number of rotatable bonds is 10. The molecule has 0 rings (SSSR count). The van der Waals surface area contributed by atoms with Gasteiger partial charge in [-0.25, -0.2) is 0 Å². The first-order valence-corrected chi connectivity index (χ1v) is 8.68. The molecule has 0 heterocycles. The lowest BCUT2D eigenvalue weighted by Crippen LogP contribution is -2.48. The maximum absolute atomic E-state index is 10.8. The number of Topliss-reactive ketones (excluding diaryl/α,β-unsaturated/α-hetero) is 2. The first-order valence-electron chi connectivity index (χ1n) is 6.74. The summed E-state index contributed by atoms with van der Waals surface area (Å²) in [7, 11) is 0. The second kappa shape index (κ2) is 14.2. The molecule has 0 spiro atoms. The van der Waals surface area contributed by atoms with Crippen molar-refractivity contribution in [1.29, 1.82) is 0 Å². The van der Waals surface area contributed by atoms with Gasteiger partial charge < -0.3 is 40.9 Å². The number of aliphatic hydroxyl groups excluding tert-OH is 8. The zero-order valence-electron chi connectivity index (χ0n) is 12.9. The molecule has 0 aliphatic carbocycles. The minimum absolute atomic E-state index is 0.256. The predicted molar refractivity (Wildman–Crippen MR) is 91.2 cm³/mol. The van der Waals surface area contributed by atoms with Crippen molar-refractivity contribution in [2.75, 3.05) is 11.8 Å². The molecular weight excluding hydrogens is 446 g/mol. The summed E-state index contributed by atoms with van der Waals surface area (Å²) in [4.78, 5) is 21.5. The van der Waals surface area contributed by atoms with E-state index in [1.165, 1.54) is 0 Å². The van der Waals surface area contributed by atoms with Gasteiger partial charge in [0.1, 0.15) is 30.5 Å². The van der Waals surface area contributed by atoms with Crippen molar-refractivity contribution in [3.63, 3.8) is 0 Å². The number of carbonyl (C=O) groups excluding carboxylic acids is 2. The molecule has 0 fully saturated rings. The van der Waals surface area contributed by atoms with E-state index in [4.69, 9.17) is 87.3 Å². The fraction of sp³-hybridized carbons (Fsp3) is 0.833. The highest BCUT2D eigenvalue weighted by Gasteiger charge is 2.35. The zero-order valence-corrected chi connectivity index (χ0v) is 16.0. The summed E-state index contributed by atoms with van der Waals surface area (Å²) in [5, 5.41) is 71.0. The fourth-order valence-electron chi connectivity index (χ4n) is 1.23. The second-order valence-corrected chi connectivity index (χ2v) is 6.23. The average Bonchev–Trinajstić information content (AvgIpc) is 2.62. The van der Waals surface area contributed by atoms with Crippen molar-refractivity contribution >= 4 is 58.0 Å². The molecule has 0 aromatic rings. The summed E-state index contributed by atoms with van der Waals surface area (Å²) in [5.74, 6) is -2.70. The SMILES string of the molecule is O=C(C(O)Cl)[C@@H](O)[C@H](O)[C@H](O)C(O)Cl.O=C(CCl)[C@@H](O)[C@H](O)[C@H](O)CCl. The van der Waals surface area contributed by atoms with Gasteiger partial charge in [-0.1, -0.05) is 23.2 Å². The highest BCUT2D eigenvalue weighted by molar-refractivity contribution is 6.30. The van der Waals surface area contributed by atoms with Crippen molar-refractivity contribution in [1.82, 2.24) is 0 Å². The van der Waals surface area contributed by atoms with Gasteiger partial charge in [0.25, 0.3) is 0 Å². The van der Waals surface area contributed by atoms with E-state index in [0.717, 1.165) is 0 Å². The molecule has 26 heavy (non-hydrogen) atoms. The molecule has 0 saturated carbocycles. The number of halogens is 4. The highest BCUT2D eigenvalue weighted by atomic mass is 35.5. The Labute approximate surface area is 168 Å². The van der Waals surface area contributed by atoms with E-state index in [9.17, 15) is 9.59 Å². The molecule has 0 aliphatic heterocycles. The summed E-state index contributed by atoms with van der Waals surface area (Å²) in [6.07, 6.45) is -10.6. The van der Waals surface area contributed by atoms with Gasteiger partial charge in [-0.3, -0.25) is 9.59 Å². The number of alkyl halides is 4. The number of hydrogen-bond acceptors (Lipinski definition) is 10. The third kappa shape index (κ3) is 9.93. The van der Waals surface area contributed by atoms with Gasteiger partial charge >= 0.3 is 0 Å². The van der Waals surface area contributed by atoms with E-state index < -0.39 is 65.2 Å². The molecule has 0 bridgehead atoms. The smallest absolute Gasteiger partial charge is 0.207 e. The van der Waals surface area contributed by atoms with Gasteiger partial charge in [0.15, 0.2) is 16.9 Å². The van der Waals surface area contributed by atoms with Crippen LogP contribution in [0, 0.1) is 0 Å². The number of ketones is 2. The molecular formula is C12H20Cl4O10. The highest BCUT2D eigenvalue weighted by Crippen LogP contribution is 2.10. The molecule has 0 aliphatic rings. The summed E-state index contributed by atoms with van der Waals surface area (Å²) in [5.41, 5.74) is -3.85. The predicted octanol–water partition coefficient (Wildman–Crippen LogP) is -3.13. The Morgan fingerprint density at radius 2 is 1.19 bits per heavy atom. The molecule has 8 N–H and O–H groups in total. The largest absolute Gasteiger partial charge is 0.389 e. The van der Waals surface area contributed by atoms with E-state index in [1.54, 1.807) is 0 Å². The summed E-state index contributed by atoms with van der Waals surface area (Å²) in [6, 6.07) is 0. The Hall–Kier alpha value is 0.180. The number of hydrogen-bond donors (Lipinski definition) is 8. The molecule has 0 amide bonds. The molecule has 2 unspecified atom stereocenters. The van der Waals surface area contributed by atoms with Gasteiger partial charge in [-0.15, -0.1) is 23.2 Å². The Kier molecular flexibility index (Phi) is 15.5. The van der Waals surface area contributed by atoms with Gasteiger partial charge in [0.05, 0.1) is 17.9 Å². The Morgan fingerprint density at radius 1 is 0.731 bits per heavy atom. The minimum Gasteiger partial charge on any atom is -0.389 e. The van der Waals surface area contributed by atoms with Crippen molar-refractivity contribution in [3.8, 4) is 0 Å². The fourth-order valence-corrected chi connectivity index (χ4v) is 1.85. The quantitative estimate of drug-likeness (QED) is 0.153. The monoisotopic (exact) mass is 464 g/mol. The Balaban J connectivity index is 0. The van der Waals surface area contributed by atoms with Crippen LogP contribution in [0.2, 0.25) is 0 Å². The molecule has 0 aromatic heterocycles. The van der Waals surface area contributed by atoms with Crippen LogP contribution in [0.5, 0.6) is 0 Å². The first-order chi connectivity index (χ1) is 11.8. The van der Waals surface area contributed by atoms with Gasteiger partial charge in [0.2, 0.25) is 5.78 Å². The minimum atomic E-state index is -2.12. The maximum atomic E-state index is 10.8. The third-order valence-corrected chi connectivity index (χ3v) is 3.87. The van der Waals surface area contributed by atoms with Gasteiger partial charge in [-0.2, -0.15) is 0 Å². The average molecular weight is 466 g/mol. The van der Waals surface area contributed by atoms with Crippen LogP contribution in [0.25, 0.3) is 0 Å². The summed E-state index contributed by atoms with van der Waals surface area (Å²) >= 11 is 20.2. The second-order valence-electron chi connectivity index (χ2n) is 4.79. The lowest BCUT2D eigenvalue weighted by Gasteiger charge is -2.23. The normalized spacial score (nSPS) is 20.5. The van der Waals surface area contributed by atoms with Crippen LogP contribution in [0.15, 0.2) is 0 Å². The molecule has 10 nitrogen and oxygen atoms in total. The number of carbonyl (C=O) groups is 2. The van der Waals surface area contributed by atoms with Crippen molar-refractivity contribution in [2.45, 2.75) is 47.8 Å². The maximum Gasteiger partial charge on any atom is 0.207 e. The van der Waals surface area contributed by atoms with Crippen molar-refractivity contribution < 1.29 is 50.4 Å². The lowest BCUT2D eigenvalue weighted by atomic mass is 10.1. The van der Waals surface area contributed by atoms with E-state index >= 15 is 0 Å². The van der Waals surface area contributed by atoms with Crippen LogP contribution in [0.4, 0.5) is 0 Å². The van der Waals surface area contributed by atoms with Crippen LogP contribution in [0.1, 0.15) is 0 Å². The van der Waals surface area contributed by atoms with Gasteiger partial charge in [-0.05, 0) is 0 Å². The van der Waals surface area contributed by atoms with Gasteiger partial charge in [0, 0.05) is 0 Å². The van der Waals surface area contributed by atoms with E-state index in [-0.39, 0.29) is 5.88 Å². The van der Waals surface area contributed by atoms with Crippen LogP contribution in [-0.4, -0.2) is 112 Å². The van der Waals surface area contributed by atoms with Crippen LogP contribution in [0.3, 0.4) is 0 Å². The molecule has 0 saturated heterocycles. The Bertz CT molecular complexity index is 425. The molecule has 14 heteroatoms. The summed E-state index contributed by atoms with van der Waals surface area (Å²) in [6.45, 7) is 0. The standard InChI is InChI=1S/C6H10Cl2O6.C6H10Cl2O4/c7-5(13)3(11)1(9)2(10)4(12)6(8)14;7-1-3(9)5(11)6(12)4(10)2-8/h1-3,5-6,9-11,13-14H;3,5-6,9,11-12H,1-2H2/t1-,2-,3-,5?,6?;3-,5-,6-/m01/s1. The van der Waals surface area contributed by atoms with Crippen LogP contribution < -0.4 is 0 Å². The van der Waals surface area contributed by atoms with Crippen LogP contribution >= 0.6 is 46.4 Å². The topological polar surface area (TPSA) is 196 Å². The Morgan fingerprint density at radius 3 is 1.50 bits per heavy atom. The van der Waals surface area contributed by atoms with Crippen molar-refractivity contribution in [2.24, 2.45) is 0 Å². The number of aliphatic hydroxyl groups is 8. The molecule has 156 valence electrons. The van der Waals surface area contributed by atoms with E-state index in [0.29, 0.717) is 0 Å². The third-order valence-electron chi connectivity index (χ3n) is 2.82. The van der Waals surface area contributed by atoms with E-state index in [1.807, 2.05) is 0 Å². The van der Waals surface area contributed by atoms with Crippen molar-refractivity contribution in [3.05, 3.63) is 0 Å². The zero-order chi connectivity index (χ0) is 21.2. The lowest BCUT2D eigenvalue weighted by molar-refractivity contribution is -0.145.